The number of cyclic esters (lactones) is 2. The van der Waals surface area contributed by atoms with Crippen LogP contribution in [0, 0.1) is 25.7 Å². The summed E-state index contributed by atoms with van der Waals surface area (Å²) in [7, 11) is 0. The largest absolute Gasteiger partial charge is 0.509 e. The second-order valence-electron chi connectivity index (χ2n) is 15.5. The summed E-state index contributed by atoms with van der Waals surface area (Å²) in [5.41, 5.74) is 6.14. The van der Waals surface area contributed by atoms with Gasteiger partial charge in [0.15, 0.2) is 23.8 Å². The van der Waals surface area contributed by atoms with Gasteiger partial charge in [-0.1, -0.05) is 75.8 Å². The maximum absolute atomic E-state index is 13.0. The lowest BCUT2D eigenvalue weighted by molar-refractivity contribution is -0.122. The molecular formula is C47H55NO12. The highest BCUT2D eigenvalue weighted by Crippen LogP contribution is 2.28. The van der Waals surface area contributed by atoms with Crippen LogP contribution in [0.3, 0.4) is 0 Å². The Balaban J connectivity index is 0.000000228. The molecule has 4 aliphatic heterocycles. The minimum atomic E-state index is -0.985. The quantitative estimate of drug-likeness (QED) is 0.230. The molecule has 2 saturated heterocycles. The third-order valence-corrected chi connectivity index (χ3v) is 10.8. The van der Waals surface area contributed by atoms with Crippen molar-refractivity contribution in [1.29, 1.82) is 0 Å². The first-order valence-corrected chi connectivity index (χ1v) is 20.6. The fourth-order valence-electron chi connectivity index (χ4n) is 7.20. The molecule has 2 fully saturated rings. The van der Waals surface area contributed by atoms with Crippen LogP contribution in [0.25, 0.3) is 12.2 Å². The smallest absolute Gasteiger partial charge is 0.458 e. The molecule has 60 heavy (non-hydrogen) atoms. The van der Waals surface area contributed by atoms with Crippen LogP contribution in [0.5, 0.6) is 0 Å². The van der Waals surface area contributed by atoms with Crippen LogP contribution in [0.1, 0.15) is 109 Å². The van der Waals surface area contributed by atoms with Crippen LogP contribution in [0.15, 0.2) is 60.7 Å². The van der Waals surface area contributed by atoms with Gasteiger partial charge in [0.05, 0.1) is 11.1 Å². The van der Waals surface area contributed by atoms with E-state index in [1.807, 2.05) is 65.0 Å². The number of hydrogen-bond donors (Lipinski definition) is 1. The van der Waals surface area contributed by atoms with Crippen molar-refractivity contribution in [1.82, 2.24) is 0 Å². The fourth-order valence-corrected chi connectivity index (χ4v) is 7.20. The zero-order valence-corrected chi connectivity index (χ0v) is 35.5. The minimum absolute atomic E-state index is 0.198. The highest BCUT2D eigenvalue weighted by molar-refractivity contribution is 5.98. The van der Waals surface area contributed by atoms with Gasteiger partial charge >= 0.3 is 24.2 Å². The van der Waals surface area contributed by atoms with Crippen molar-refractivity contribution in [3.8, 4) is 0 Å². The molecule has 0 unspecified atom stereocenters. The highest BCUT2D eigenvalue weighted by atomic mass is 16.8. The molecule has 4 heterocycles. The molecule has 2 aromatic rings. The number of ketones is 2. The van der Waals surface area contributed by atoms with E-state index < -0.39 is 54.9 Å². The van der Waals surface area contributed by atoms with Crippen molar-refractivity contribution in [2.75, 3.05) is 11.9 Å². The molecule has 8 atom stereocenters. The van der Waals surface area contributed by atoms with E-state index in [0.717, 1.165) is 47.3 Å². The summed E-state index contributed by atoms with van der Waals surface area (Å²) in [5.74, 6) is -1.91. The third kappa shape index (κ3) is 11.2. The average Bonchev–Trinajstić information content (AvgIpc) is 3.76. The van der Waals surface area contributed by atoms with Gasteiger partial charge in [0.1, 0.15) is 12.2 Å². The number of hydrogen-bond acceptors (Lipinski definition) is 13. The Labute approximate surface area is 351 Å². The van der Waals surface area contributed by atoms with Gasteiger partial charge in [-0.15, -0.1) is 0 Å². The highest BCUT2D eigenvalue weighted by Gasteiger charge is 2.41. The Morgan fingerprint density at radius 3 is 1.52 bits per heavy atom. The summed E-state index contributed by atoms with van der Waals surface area (Å²) in [5, 5.41) is 3.25. The van der Waals surface area contributed by atoms with E-state index in [4.69, 9.17) is 28.4 Å². The van der Waals surface area contributed by atoms with Crippen LogP contribution in [0.2, 0.25) is 0 Å². The fraction of sp³-hybridized carbons (Fsp3) is 0.447. The maximum Gasteiger partial charge on any atom is 0.509 e. The zero-order valence-electron chi connectivity index (χ0n) is 35.5. The molecule has 0 bridgehead atoms. The van der Waals surface area contributed by atoms with E-state index in [0.29, 0.717) is 23.1 Å². The summed E-state index contributed by atoms with van der Waals surface area (Å²) >= 11 is 0. The lowest BCUT2D eigenvalue weighted by atomic mass is 9.95. The number of fused-ring (bicyclic) bond motifs is 4. The summed E-state index contributed by atoms with van der Waals surface area (Å²) in [4.78, 5) is 74.1. The number of benzene rings is 2. The molecule has 0 aliphatic carbocycles. The lowest BCUT2D eigenvalue weighted by Gasteiger charge is -2.20. The Hall–Kier alpha value is -5.98. The summed E-state index contributed by atoms with van der Waals surface area (Å²) < 4.78 is 31.9. The standard InChI is InChI=1S/C24H28O6.C23H27NO6/c1-5-7-17-12-15(3)21-18(13-17)8-6-9-20-22(30-24(27)29-20)19(25)11-10-14(2)16(4)28-23(21)26;1-5-24-17-11-14(3)20-16(12-17)7-6-8-19-21(30-23(27)29-19)18(25)10-9-13(2)15(4)28-22(20)26/h6,8,10-14,16,20,22H,5,7,9H2,1-4H3;6-7,9-13,15,19,21,24H,5,8H2,1-4H3/b8-6+,11-10-;7-6+,10-9-/t14-,16+,20+,22-;13-,15+,19+,21-/m11/s1. The van der Waals surface area contributed by atoms with Gasteiger partial charge in [0.25, 0.3) is 0 Å². The topological polar surface area (TPSA) is 170 Å². The normalized spacial score (nSPS) is 28.9. The Bertz CT molecular complexity index is 1950. The maximum atomic E-state index is 13.0. The van der Waals surface area contributed by atoms with Gasteiger partial charge in [0, 0.05) is 36.9 Å². The lowest BCUT2D eigenvalue weighted by Crippen LogP contribution is -2.30. The first kappa shape index (κ1) is 45.1. The molecule has 0 radical (unpaired) electrons. The van der Waals surface area contributed by atoms with E-state index in [-0.39, 0.29) is 35.8 Å². The predicted octanol–water partition coefficient (Wildman–Crippen LogP) is 8.63. The number of ether oxygens (including phenoxy) is 6. The van der Waals surface area contributed by atoms with Gasteiger partial charge in [-0.25, -0.2) is 19.2 Å². The van der Waals surface area contributed by atoms with Crippen molar-refractivity contribution in [2.45, 2.75) is 118 Å². The van der Waals surface area contributed by atoms with E-state index in [1.54, 1.807) is 44.2 Å². The second kappa shape index (κ2) is 20.3. The van der Waals surface area contributed by atoms with E-state index in [9.17, 15) is 28.8 Å². The van der Waals surface area contributed by atoms with Gasteiger partial charge in [-0.2, -0.15) is 0 Å². The first-order chi connectivity index (χ1) is 28.6. The van der Waals surface area contributed by atoms with E-state index in [1.165, 1.54) is 12.2 Å². The van der Waals surface area contributed by atoms with Gasteiger partial charge in [-0.05, 0) is 93.1 Å². The first-order valence-electron chi connectivity index (χ1n) is 20.6. The average molecular weight is 826 g/mol. The monoisotopic (exact) mass is 825 g/mol. The molecule has 0 saturated carbocycles. The second-order valence-corrected chi connectivity index (χ2v) is 15.5. The minimum Gasteiger partial charge on any atom is -0.458 e. The van der Waals surface area contributed by atoms with Crippen LogP contribution in [0.4, 0.5) is 15.3 Å². The molecule has 6 rings (SSSR count). The van der Waals surface area contributed by atoms with Crippen molar-refractivity contribution < 1.29 is 57.2 Å². The SMILES string of the molecule is CCCc1cc(C)c2c(c1)/C=C/C[C@@H]1OC(=O)O[C@@H]1C(=O)/C=C\[C@@H](C)[C@H](C)OC2=O.CCNc1cc(C)c2c(c1)/C=C/C[C@@H]1OC(=O)O[C@@H]1C(=O)/C=C\[C@@H](C)[C@H](C)OC2=O. The van der Waals surface area contributed by atoms with Crippen LogP contribution in [-0.2, 0) is 44.4 Å². The van der Waals surface area contributed by atoms with Crippen LogP contribution in [-0.4, -0.2) is 79.0 Å². The van der Waals surface area contributed by atoms with Gasteiger partial charge in [0.2, 0.25) is 12.2 Å². The van der Waals surface area contributed by atoms with Crippen LogP contribution < -0.4 is 5.32 Å². The Morgan fingerprint density at radius 1 is 0.583 bits per heavy atom. The summed E-state index contributed by atoms with van der Waals surface area (Å²) in [6, 6.07) is 7.80. The summed E-state index contributed by atoms with van der Waals surface area (Å²) in [6.07, 6.45) is 9.78. The number of nitrogens with one attached hydrogen (secondary N) is 1. The summed E-state index contributed by atoms with van der Waals surface area (Å²) in [6.45, 7) is 15.9. The van der Waals surface area contributed by atoms with Crippen molar-refractivity contribution >= 4 is 53.7 Å². The molecule has 0 spiro atoms. The van der Waals surface area contributed by atoms with Crippen molar-refractivity contribution in [3.63, 3.8) is 0 Å². The van der Waals surface area contributed by atoms with Gasteiger partial charge in [-0.3, -0.25) is 9.59 Å². The molecule has 1 N–H and O–H groups in total. The molecule has 13 nitrogen and oxygen atoms in total. The van der Waals surface area contributed by atoms with Gasteiger partial charge < -0.3 is 33.7 Å². The molecule has 0 amide bonds. The van der Waals surface area contributed by atoms with Crippen molar-refractivity contribution in [2.24, 2.45) is 11.8 Å². The molecular weight excluding hydrogens is 771 g/mol. The molecule has 320 valence electrons. The Morgan fingerprint density at radius 2 is 1.05 bits per heavy atom. The number of carbonyl (C=O) groups excluding carboxylic acids is 6. The predicted molar refractivity (Wildman–Crippen MR) is 224 cm³/mol. The number of aryl methyl sites for hydroxylation is 3. The number of carbonyl (C=O) groups is 6. The number of anilines is 1. The van der Waals surface area contributed by atoms with Crippen molar-refractivity contribution in [3.05, 3.63) is 99.7 Å². The zero-order chi connectivity index (χ0) is 43.7. The van der Waals surface area contributed by atoms with E-state index in [2.05, 4.69) is 12.2 Å². The number of esters is 2. The molecule has 0 aromatic heterocycles. The molecule has 4 aliphatic rings. The molecule has 13 heteroatoms. The van der Waals surface area contributed by atoms with E-state index >= 15 is 0 Å². The Kier molecular flexibility index (Phi) is 15.3. The molecule has 2 aromatic carbocycles. The van der Waals surface area contributed by atoms with Crippen LogP contribution >= 0.6 is 0 Å². The number of rotatable bonds is 4. The third-order valence-electron chi connectivity index (χ3n) is 10.8.